The van der Waals surface area contributed by atoms with E-state index in [0.717, 1.165) is 32.6 Å². The van der Waals surface area contributed by atoms with E-state index in [1.165, 1.54) is 0 Å². The van der Waals surface area contributed by atoms with Crippen molar-refractivity contribution in [2.45, 2.75) is 6.54 Å². The van der Waals surface area contributed by atoms with Crippen molar-refractivity contribution < 1.29 is 0 Å². The van der Waals surface area contributed by atoms with Crippen LogP contribution in [0.15, 0.2) is 42.5 Å². The molecule has 1 N–H and O–H groups in total. The number of rotatable bonds is 3. The van der Waals surface area contributed by atoms with Gasteiger partial charge in [-0.2, -0.15) is 0 Å². The molecular weight excluding hydrogens is 293 g/mol. The minimum atomic E-state index is 0.643. The highest BCUT2D eigenvalue weighted by Crippen LogP contribution is 2.20. The van der Waals surface area contributed by atoms with Crippen LogP contribution in [0.1, 0.15) is 5.82 Å². The van der Waals surface area contributed by atoms with E-state index >= 15 is 0 Å². The van der Waals surface area contributed by atoms with E-state index < -0.39 is 0 Å². The van der Waals surface area contributed by atoms with E-state index in [2.05, 4.69) is 10.3 Å². The summed E-state index contributed by atoms with van der Waals surface area (Å²) in [4.78, 5) is 4.60. The Kier molecular flexibility index (Phi) is 3.55. The summed E-state index contributed by atoms with van der Waals surface area (Å²) < 4.78 is 2.05. The quantitative estimate of drug-likeness (QED) is 0.772. The van der Waals surface area contributed by atoms with Crippen molar-refractivity contribution >= 4 is 39.9 Å². The minimum Gasteiger partial charge on any atom is -0.378 e. The van der Waals surface area contributed by atoms with Crippen LogP contribution in [0.25, 0.3) is 11.0 Å². The number of anilines is 1. The number of aryl methyl sites for hydroxylation is 1. The van der Waals surface area contributed by atoms with Gasteiger partial charge in [0.2, 0.25) is 0 Å². The number of hydrogen-bond acceptors (Lipinski definition) is 2. The SMILES string of the molecule is Cn1c(CNc2ccc(Cl)cc2)nc2ccc(Cl)cc21. The first-order valence-corrected chi connectivity index (χ1v) is 6.99. The van der Waals surface area contributed by atoms with Gasteiger partial charge in [-0.15, -0.1) is 0 Å². The number of benzene rings is 2. The van der Waals surface area contributed by atoms with Gasteiger partial charge in [0.25, 0.3) is 0 Å². The summed E-state index contributed by atoms with van der Waals surface area (Å²) in [5, 5.41) is 4.78. The third kappa shape index (κ3) is 2.60. The number of halogens is 2. The van der Waals surface area contributed by atoms with Crippen LogP contribution in [-0.4, -0.2) is 9.55 Å². The Hall–Kier alpha value is -1.71. The highest BCUT2D eigenvalue weighted by molar-refractivity contribution is 6.31. The fraction of sp³-hybridized carbons (Fsp3) is 0.133. The Balaban J connectivity index is 1.84. The van der Waals surface area contributed by atoms with Gasteiger partial charge in [-0.25, -0.2) is 4.98 Å². The molecule has 0 radical (unpaired) electrons. The van der Waals surface area contributed by atoms with Crippen LogP contribution in [0.5, 0.6) is 0 Å². The number of nitrogens with zero attached hydrogens (tertiary/aromatic N) is 2. The van der Waals surface area contributed by atoms with Gasteiger partial charge in [0.1, 0.15) is 5.82 Å². The zero-order valence-electron chi connectivity index (χ0n) is 10.9. The molecule has 20 heavy (non-hydrogen) atoms. The predicted octanol–water partition coefficient (Wildman–Crippen LogP) is 4.49. The molecule has 0 spiro atoms. The maximum Gasteiger partial charge on any atom is 0.128 e. The van der Waals surface area contributed by atoms with Crippen molar-refractivity contribution in [1.29, 1.82) is 0 Å². The highest BCUT2D eigenvalue weighted by atomic mass is 35.5. The number of aromatic nitrogens is 2. The lowest BCUT2D eigenvalue weighted by atomic mass is 10.3. The van der Waals surface area contributed by atoms with Crippen molar-refractivity contribution in [3.63, 3.8) is 0 Å². The first-order chi connectivity index (χ1) is 9.63. The second-order valence-corrected chi connectivity index (χ2v) is 5.45. The second-order valence-electron chi connectivity index (χ2n) is 4.58. The molecule has 5 heteroatoms. The van der Waals surface area contributed by atoms with Crippen LogP contribution in [0, 0.1) is 0 Å². The molecule has 1 heterocycles. The van der Waals surface area contributed by atoms with Gasteiger partial charge in [-0.3, -0.25) is 0 Å². The largest absolute Gasteiger partial charge is 0.378 e. The molecule has 0 fully saturated rings. The lowest BCUT2D eigenvalue weighted by Gasteiger charge is -2.06. The number of hydrogen-bond donors (Lipinski definition) is 1. The standard InChI is InChI=1S/C15H13Cl2N3/c1-20-14-8-11(17)4-7-13(14)19-15(20)9-18-12-5-2-10(16)3-6-12/h2-8,18H,9H2,1H3. The summed E-state index contributed by atoms with van der Waals surface area (Å²) in [6, 6.07) is 13.3. The van der Waals surface area contributed by atoms with Crippen LogP contribution in [0.3, 0.4) is 0 Å². The van der Waals surface area contributed by atoms with Crippen LogP contribution in [0.2, 0.25) is 10.0 Å². The van der Waals surface area contributed by atoms with Crippen LogP contribution in [-0.2, 0) is 13.6 Å². The Bertz CT molecular complexity index is 748. The van der Waals surface area contributed by atoms with Gasteiger partial charge in [0.05, 0.1) is 17.6 Å². The zero-order valence-corrected chi connectivity index (χ0v) is 12.4. The van der Waals surface area contributed by atoms with E-state index in [-0.39, 0.29) is 0 Å². The summed E-state index contributed by atoms with van der Waals surface area (Å²) in [6.07, 6.45) is 0. The Morgan fingerprint density at radius 3 is 2.50 bits per heavy atom. The maximum absolute atomic E-state index is 6.02. The summed E-state index contributed by atoms with van der Waals surface area (Å²) in [6.45, 7) is 0.643. The Morgan fingerprint density at radius 1 is 1.05 bits per heavy atom. The Labute approximate surface area is 127 Å². The molecule has 3 rings (SSSR count). The fourth-order valence-corrected chi connectivity index (χ4v) is 2.41. The van der Waals surface area contributed by atoms with Gasteiger partial charge in [0.15, 0.2) is 0 Å². The summed E-state index contributed by atoms with van der Waals surface area (Å²) in [7, 11) is 1.99. The number of fused-ring (bicyclic) bond motifs is 1. The van der Waals surface area contributed by atoms with Crippen molar-refractivity contribution in [2.75, 3.05) is 5.32 Å². The molecule has 3 nitrogen and oxygen atoms in total. The van der Waals surface area contributed by atoms with Crippen LogP contribution in [0.4, 0.5) is 5.69 Å². The molecule has 0 atom stereocenters. The zero-order chi connectivity index (χ0) is 14.1. The lowest BCUT2D eigenvalue weighted by Crippen LogP contribution is -2.05. The molecule has 0 bridgehead atoms. The third-order valence-electron chi connectivity index (χ3n) is 3.23. The Morgan fingerprint density at radius 2 is 1.75 bits per heavy atom. The van der Waals surface area contributed by atoms with Gasteiger partial charge < -0.3 is 9.88 Å². The van der Waals surface area contributed by atoms with E-state index in [1.807, 2.05) is 54.1 Å². The number of imidazole rings is 1. The van der Waals surface area contributed by atoms with Gasteiger partial charge in [0, 0.05) is 22.8 Å². The normalized spacial score (nSPS) is 10.9. The van der Waals surface area contributed by atoms with Crippen LogP contribution >= 0.6 is 23.2 Å². The highest BCUT2D eigenvalue weighted by Gasteiger charge is 2.07. The predicted molar refractivity (Wildman–Crippen MR) is 84.5 cm³/mol. The molecule has 0 unspecified atom stereocenters. The second kappa shape index (κ2) is 5.35. The van der Waals surface area contributed by atoms with E-state index in [9.17, 15) is 0 Å². The topological polar surface area (TPSA) is 29.9 Å². The minimum absolute atomic E-state index is 0.643. The third-order valence-corrected chi connectivity index (χ3v) is 3.72. The van der Waals surface area contributed by atoms with Gasteiger partial charge >= 0.3 is 0 Å². The lowest BCUT2D eigenvalue weighted by molar-refractivity contribution is 0.834. The fourth-order valence-electron chi connectivity index (χ4n) is 2.12. The first-order valence-electron chi connectivity index (χ1n) is 6.24. The summed E-state index contributed by atoms with van der Waals surface area (Å²) >= 11 is 11.9. The van der Waals surface area contributed by atoms with E-state index in [1.54, 1.807) is 0 Å². The average molecular weight is 306 g/mol. The first kappa shape index (κ1) is 13.3. The molecule has 0 aliphatic rings. The maximum atomic E-state index is 6.02. The smallest absolute Gasteiger partial charge is 0.128 e. The average Bonchev–Trinajstić information content (AvgIpc) is 2.75. The summed E-state index contributed by atoms with van der Waals surface area (Å²) in [5.41, 5.74) is 3.00. The van der Waals surface area contributed by atoms with E-state index in [4.69, 9.17) is 23.2 Å². The van der Waals surface area contributed by atoms with Crippen LogP contribution < -0.4 is 5.32 Å². The number of nitrogens with one attached hydrogen (secondary N) is 1. The molecule has 1 aromatic heterocycles. The molecule has 0 aliphatic carbocycles. The van der Waals surface area contributed by atoms with Gasteiger partial charge in [-0.05, 0) is 42.5 Å². The van der Waals surface area contributed by atoms with E-state index in [0.29, 0.717) is 6.54 Å². The molecular formula is C15H13Cl2N3. The molecule has 0 saturated carbocycles. The van der Waals surface area contributed by atoms with Crippen molar-refractivity contribution in [2.24, 2.45) is 7.05 Å². The van der Waals surface area contributed by atoms with Crippen molar-refractivity contribution in [3.05, 3.63) is 58.3 Å². The molecule has 3 aromatic rings. The molecule has 0 amide bonds. The molecule has 0 saturated heterocycles. The van der Waals surface area contributed by atoms with Crippen molar-refractivity contribution in [1.82, 2.24) is 9.55 Å². The van der Waals surface area contributed by atoms with Gasteiger partial charge in [-0.1, -0.05) is 23.2 Å². The molecule has 0 aliphatic heterocycles. The summed E-state index contributed by atoms with van der Waals surface area (Å²) in [5.74, 6) is 0.956. The van der Waals surface area contributed by atoms with Crippen molar-refractivity contribution in [3.8, 4) is 0 Å². The molecule has 102 valence electrons. The molecule has 2 aromatic carbocycles. The monoisotopic (exact) mass is 305 g/mol.